The topological polar surface area (TPSA) is 106 Å². The zero-order chi connectivity index (χ0) is 23.6. The number of nitrogens with zero attached hydrogens (tertiary/aromatic N) is 2. The van der Waals surface area contributed by atoms with Gasteiger partial charge >= 0.3 is 5.97 Å². The predicted molar refractivity (Wildman–Crippen MR) is 131 cm³/mol. The normalized spacial score (nSPS) is 16.0. The fourth-order valence-electron chi connectivity index (χ4n) is 4.67. The maximum absolute atomic E-state index is 10.5. The van der Waals surface area contributed by atoms with Crippen molar-refractivity contribution in [3.8, 4) is 11.4 Å². The standard InChI is InChI=1S/C25H35N5O3/c1-16(26-9-10-33-15-23(31)32)14-30(4)18-6-5-17-11-21(27-20(17)12-18)24-19-7-8-25(2,3)13-22(19)28-29-24/h5-6,11-12,16,26-27H,7-10,13-15H2,1-4H3,(H,28,29)(H,31,32). The molecule has 0 saturated heterocycles. The lowest BCUT2D eigenvalue weighted by atomic mass is 9.76. The Morgan fingerprint density at radius 1 is 1.36 bits per heavy atom. The second kappa shape index (κ2) is 9.57. The number of aromatic nitrogens is 3. The number of carbonyl (C=O) groups is 1. The van der Waals surface area contributed by atoms with Gasteiger partial charge in [-0.2, -0.15) is 5.10 Å². The average molecular weight is 454 g/mol. The van der Waals surface area contributed by atoms with E-state index >= 15 is 0 Å². The molecule has 4 rings (SSSR count). The minimum Gasteiger partial charge on any atom is -0.480 e. The summed E-state index contributed by atoms with van der Waals surface area (Å²) in [5.41, 5.74) is 7.31. The molecule has 0 amide bonds. The molecular weight excluding hydrogens is 418 g/mol. The molecular formula is C25H35N5O3. The molecule has 178 valence electrons. The zero-order valence-corrected chi connectivity index (χ0v) is 20.0. The number of aromatic amines is 2. The molecule has 2 aromatic heterocycles. The van der Waals surface area contributed by atoms with Crippen molar-refractivity contribution in [1.29, 1.82) is 0 Å². The number of ether oxygens (including phenoxy) is 1. The Bertz CT molecular complexity index is 1120. The van der Waals surface area contributed by atoms with Gasteiger partial charge in [0.25, 0.3) is 0 Å². The van der Waals surface area contributed by atoms with Crippen LogP contribution in [0.2, 0.25) is 0 Å². The van der Waals surface area contributed by atoms with Crippen LogP contribution in [-0.4, -0.2) is 65.6 Å². The molecule has 0 radical (unpaired) electrons. The summed E-state index contributed by atoms with van der Waals surface area (Å²) in [5.74, 6) is -0.943. The molecule has 1 atom stereocenters. The number of carboxylic acids is 1. The number of likely N-dealkylation sites (N-methyl/N-ethyl adjacent to an activating group) is 1. The van der Waals surface area contributed by atoms with Crippen molar-refractivity contribution in [3.63, 3.8) is 0 Å². The molecule has 3 aromatic rings. The first kappa shape index (κ1) is 23.3. The summed E-state index contributed by atoms with van der Waals surface area (Å²) in [7, 11) is 2.08. The number of anilines is 1. The summed E-state index contributed by atoms with van der Waals surface area (Å²) in [4.78, 5) is 16.3. The number of rotatable bonds is 10. The number of aliphatic carboxylic acids is 1. The van der Waals surface area contributed by atoms with Crippen LogP contribution in [-0.2, 0) is 22.4 Å². The molecule has 8 heteroatoms. The van der Waals surface area contributed by atoms with Crippen LogP contribution >= 0.6 is 0 Å². The quantitative estimate of drug-likeness (QED) is 0.350. The van der Waals surface area contributed by atoms with Gasteiger partial charge in [0.05, 0.1) is 12.3 Å². The van der Waals surface area contributed by atoms with E-state index in [0.717, 1.165) is 42.0 Å². The molecule has 1 aliphatic carbocycles. The number of nitrogens with one attached hydrogen (secondary N) is 3. The summed E-state index contributed by atoms with van der Waals surface area (Å²) in [6.07, 6.45) is 3.28. The highest BCUT2D eigenvalue weighted by atomic mass is 16.5. The van der Waals surface area contributed by atoms with Crippen LogP contribution in [0.25, 0.3) is 22.3 Å². The molecule has 1 unspecified atom stereocenters. The van der Waals surface area contributed by atoms with Gasteiger partial charge in [-0.15, -0.1) is 0 Å². The molecule has 8 nitrogen and oxygen atoms in total. The number of H-pyrrole nitrogens is 2. The summed E-state index contributed by atoms with van der Waals surface area (Å²) < 4.78 is 5.07. The Balaban J connectivity index is 1.40. The van der Waals surface area contributed by atoms with Crippen LogP contribution < -0.4 is 10.2 Å². The monoisotopic (exact) mass is 453 g/mol. The van der Waals surface area contributed by atoms with E-state index in [4.69, 9.17) is 9.84 Å². The van der Waals surface area contributed by atoms with Crippen LogP contribution in [0.3, 0.4) is 0 Å². The Morgan fingerprint density at radius 2 is 2.18 bits per heavy atom. The number of carboxylic acid groups (broad SMARTS) is 1. The van der Waals surface area contributed by atoms with Crippen LogP contribution in [0.1, 0.15) is 38.4 Å². The van der Waals surface area contributed by atoms with Gasteiger partial charge in [-0.25, -0.2) is 4.79 Å². The third kappa shape index (κ3) is 5.57. The van der Waals surface area contributed by atoms with E-state index in [1.54, 1.807) is 0 Å². The van der Waals surface area contributed by atoms with Crippen molar-refractivity contribution in [1.82, 2.24) is 20.5 Å². The Labute approximate surface area is 194 Å². The Kier molecular flexibility index (Phi) is 6.76. The zero-order valence-electron chi connectivity index (χ0n) is 20.0. The average Bonchev–Trinajstić information content (AvgIpc) is 3.34. The van der Waals surface area contributed by atoms with Crippen LogP contribution in [0.4, 0.5) is 5.69 Å². The summed E-state index contributed by atoms with van der Waals surface area (Å²) in [6, 6.07) is 8.91. The first-order valence-electron chi connectivity index (χ1n) is 11.7. The van der Waals surface area contributed by atoms with Gasteiger partial charge < -0.3 is 25.0 Å². The van der Waals surface area contributed by atoms with Crippen molar-refractivity contribution >= 4 is 22.6 Å². The lowest BCUT2D eigenvalue weighted by molar-refractivity contribution is -0.142. The molecule has 1 aliphatic rings. The lowest BCUT2D eigenvalue weighted by Crippen LogP contribution is -2.39. The number of benzene rings is 1. The van der Waals surface area contributed by atoms with Gasteiger partial charge in [-0.05, 0) is 49.8 Å². The van der Waals surface area contributed by atoms with Gasteiger partial charge in [0, 0.05) is 54.0 Å². The maximum Gasteiger partial charge on any atom is 0.329 e. The molecule has 4 N–H and O–H groups in total. The minimum absolute atomic E-state index is 0.234. The minimum atomic E-state index is -0.943. The van der Waals surface area contributed by atoms with Gasteiger partial charge in [0.1, 0.15) is 12.3 Å². The summed E-state index contributed by atoms with van der Waals surface area (Å²) >= 11 is 0. The van der Waals surface area contributed by atoms with Crippen molar-refractivity contribution < 1.29 is 14.6 Å². The lowest BCUT2D eigenvalue weighted by Gasteiger charge is -2.28. The number of hydrogen-bond donors (Lipinski definition) is 4. The molecule has 1 aromatic carbocycles. The second-order valence-corrected chi connectivity index (χ2v) is 10.0. The molecule has 0 spiro atoms. The summed E-state index contributed by atoms with van der Waals surface area (Å²) in [5, 5.41) is 21.1. The third-order valence-corrected chi connectivity index (χ3v) is 6.47. The summed E-state index contributed by atoms with van der Waals surface area (Å²) in [6.45, 7) is 8.31. The largest absolute Gasteiger partial charge is 0.480 e. The van der Waals surface area contributed by atoms with E-state index in [0.29, 0.717) is 18.6 Å². The first-order valence-corrected chi connectivity index (χ1v) is 11.7. The highest BCUT2D eigenvalue weighted by Gasteiger charge is 2.29. The first-order chi connectivity index (χ1) is 15.7. The molecule has 0 saturated carbocycles. The van der Waals surface area contributed by atoms with Crippen molar-refractivity contribution in [2.45, 2.75) is 46.1 Å². The number of fused-ring (bicyclic) bond motifs is 2. The van der Waals surface area contributed by atoms with Crippen LogP contribution in [0.5, 0.6) is 0 Å². The van der Waals surface area contributed by atoms with E-state index in [1.807, 2.05) is 0 Å². The third-order valence-electron chi connectivity index (χ3n) is 6.47. The smallest absolute Gasteiger partial charge is 0.329 e. The van der Waals surface area contributed by atoms with Gasteiger partial charge in [-0.3, -0.25) is 5.10 Å². The molecule has 2 heterocycles. The van der Waals surface area contributed by atoms with Gasteiger partial charge in [0.2, 0.25) is 0 Å². The molecule has 0 aliphatic heterocycles. The number of hydrogen-bond acceptors (Lipinski definition) is 5. The van der Waals surface area contributed by atoms with Crippen molar-refractivity contribution in [2.24, 2.45) is 5.41 Å². The molecule has 0 fully saturated rings. The predicted octanol–water partition coefficient (Wildman–Crippen LogP) is 3.59. The van der Waals surface area contributed by atoms with Crippen LogP contribution in [0, 0.1) is 5.41 Å². The van der Waals surface area contributed by atoms with E-state index in [2.05, 4.69) is 77.5 Å². The maximum atomic E-state index is 10.5. The van der Waals surface area contributed by atoms with E-state index in [1.165, 1.54) is 23.1 Å². The van der Waals surface area contributed by atoms with E-state index in [-0.39, 0.29) is 12.6 Å². The fraction of sp³-hybridized carbons (Fsp3) is 0.520. The van der Waals surface area contributed by atoms with E-state index < -0.39 is 5.97 Å². The highest BCUT2D eigenvalue weighted by Crippen LogP contribution is 2.38. The van der Waals surface area contributed by atoms with Crippen LogP contribution in [0.15, 0.2) is 24.3 Å². The van der Waals surface area contributed by atoms with Crippen molar-refractivity contribution in [2.75, 3.05) is 38.3 Å². The van der Waals surface area contributed by atoms with Gasteiger partial charge in [-0.1, -0.05) is 19.9 Å². The van der Waals surface area contributed by atoms with Gasteiger partial charge in [0.15, 0.2) is 0 Å². The molecule has 0 bridgehead atoms. The fourth-order valence-corrected chi connectivity index (χ4v) is 4.67. The van der Waals surface area contributed by atoms with E-state index in [9.17, 15) is 4.79 Å². The van der Waals surface area contributed by atoms with Crippen molar-refractivity contribution in [3.05, 3.63) is 35.5 Å². The SMILES string of the molecule is CC(CN(C)c1ccc2cc(-c3n[nH]c4c3CCC(C)(C)C4)[nH]c2c1)NCCOCC(=O)O. The highest BCUT2D eigenvalue weighted by molar-refractivity contribution is 5.88. The Morgan fingerprint density at radius 3 is 2.97 bits per heavy atom. The Hall–Kier alpha value is -2.84. The second-order valence-electron chi connectivity index (χ2n) is 10.0. The molecule has 33 heavy (non-hydrogen) atoms.